The van der Waals surface area contributed by atoms with Crippen molar-refractivity contribution in [3.8, 4) is 0 Å². The Morgan fingerprint density at radius 2 is 2.05 bits per heavy atom. The van der Waals surface area contributed by atoms with Crippen molar-refractivity contribution in [2.24, 2.45) is 0 Å². The van der Waals surface area contributed by atoms with E-state index >= 15 is 0 Å². The van der Waals surface area contributed by atoms with Crippen molar-refractivity contribution >= 4 is 39.5 Å². The number of nitrogens with zero attached hydrogens (tertiary/aromatic N) is 1. The highest BCUT2D eigenvalue weighted by Crippen LogP contribution is 2.38. The van der Waals surface area contributed by atoms with E-state index in [4.69, 9.17) is 4.98 Å². The van der Waals surface area contributed by atoms with Crippen LogP contribution < -0.4 is 5.56 Å². The van der Waals surface area contributed by atoms with Crippen LogP contribution in [0.4, 0.5) is 0 Å². The second-order valence-corrected chi connectivity index (χ2v) is 8.32. The summed E-state index contributed by atoms with van der Waals surface area (Å²) in [5, 5.41) is 0.347. The highest BCUT2D eigenvalue weighted by Gasteiger charge is 2.26. The number of hydrogen-bond donors (Lipinski definition) is 1. The van der Waals surface area contributed by atoms with Crippen molar-refractivity contribution in [3.05, 3.63) is 26.3 Å². The third-order valence-electron chi connectivity index (χ3n) is 3.77. The Morgan fingerprint density at radius 1 is 1.26 bits per heavy atom. The van der Waals surface area contributed by atoms with Crippen LogP contribution in [0.3, 0.4) is 0 Å². The van der Waals surface area contributed by atoms with E-state index in [-0.39, 0.29) is 5.56 Å². The maximum Gasteiger partial charge on any atom is 0.265 e. The minimum absolute atomic E-state index is 0.0110. The molecule has 0 bridgehead atoms. The molecule has 1 aromatic rings. The SMILES string of the molecule is O=c1[nH]c(C2CSCCS2)nc(C2CCCC2)c1Br. The van der Waals surface area contributed by atoms with E-state index in [0.717, 1.165) is 23.0 Å². The Bertz CT molecular complexity index is 508. The predicted octanol–water partition coefficient (Wildman–Crippen LogP) is 3.71. The normalized spacial score (nSPS) is 24.8. The first-order chi connectivity index (χ1) is 9.25. The molecule has 3 rings (SSSR count). The van der Waals surface area contributed by atoms with Crippen molar-refractivity contribution in [2.45, 2.75) is 36.9 Å². The van der Waals surface area contributed by atoms with Gasteiger partial charge in [0.05, 0.1) is 10.9 Å². The first-order valence-electron chi connectivity index (χ1n) is 6.74. The van der Waals surface area contributed by atoms with Crippen LogP contribution in [0.15, 0.2) is 9.27 Å². The van der Waals surface area contributed by atoms with Gasteiger partial charge in [0.15, 0.2) is 0 Å². The number of hydrogen-bond acceptors (Lipinski definition) is 4. The molecule has 1 aliphatic carbocycles. The molecule has 19 heavy (non-hydrogen) atoms. The maximum absolute atomic E-state index is 12.1. The average Bonchev–Trinajstić information content (AvgIpc) is 2.96. The molecule has 2 aliphatic rings. The summed E-state index contributed by atoms with van der Waals surface area (Å²) in [6.07, 6.45) is 4.85. The van der Waals surface area contributed by atoms with Crippen LogP contribution in [-0.2, 0) is 0 Å². The number of H-pyrrole nitrogens is 1. The van der Waals surface area contributed by atoms with Crippen molar-refractivity contribution in [1.29, 1.82) is 0 Å². The minimum Gasteiger partial charge on any atom is -0.309 e. The molecule has 1 aliphatic heterocycles. The lowest BCUT2D eigenvalue weighted by Gasteiger charge is -2.21. The summed E-state index contributed by atoms with van der Waals surface area (Å²) in [4.78, 5) is 19.9. The fraction of sp³-hybridized carbons (Fsp3) is 0.692. The quantitative estimate of drug-likeness (QED) is 0.872. The van der Waals surface area contributed by atoms with Crippen LogP contribution in [0, 0.1) is 0 Å². The summed E-state index contributed by atoms with van der Waals surface area (Å²) in [6.45, 7) is 0. The van der Waals surface area contributed by atoms with Crippen LogP contribution in [0.25, 0.3) is 0 Å². The third kappa shape index (κ3) is 3.05. The molecule has 2 fully saturated rings. The van der Waals surface area contributed by atoms with Crippen LogP contribution >= 0.6 is 39.5 Å². The molecule has 1 N–H and O–H groups in total. The van der Waals surface area contributed by atoms with E-state index in [1.165, 1.54) is 31.4 Å². The highest BCUT2D eigenvalue weighted by atomic mass is 79.9. The molecule has 0 spiro atoms. The lowest BCUT2D eigenvalue weighted by Crippen LogP contribution is -2.20. The van der Waals surface area contributed by atoms with Gasteiger partial charge < -0.3 is 4.98 Å². The monoisotopic (exact) mass is 360 g/mol. The first kappa shape index (κ1) is 14.0. The zero-order chi connectivity index (χ0) is 13.2. The van der Waals surface area contributed by atoms with Gasteiger partial charge in [0.25, 0.3) is 5.56 Å². The van der Waals surface area contributed by atoms with Crippen LogP contribution in [0.5, 0.6) is 0 Å². The Hall–Kier alpha value is 0.0600. The van der Waals surface area contributed by atoms with Crippen molar-refractivity contribution < 1.29 is 0 Å². The second-order valence-electron chi connectivity index (χ2n) is 5.07. The number of aromatic amines is 1. The molecule has 1 saturated heterocycles. The molecule has 1 unspecified atom stereocenters. The molecule has 0 amide bonds. The Labute approximate surface area is 129 Å². The number of thioether (sulfide) groups is 2. The van der Waals surface area contributed by atoms with E-state index in [2.05, 4.69) is 20.9 Å². The van der Waals surface area contributed by atoms with Crippen LogP contribution in [0.2, 0.25) is 0 Å². The fourth-order valence-corrected chi connectivity index (χ4v) is 5.90. The predicted molar refractivity (Wildman–Crippen MR) is 86.3 cm³/mol. The largest absolute Gasteiger partial charge is 0.309 e. The highest BCUT2D eigenvalue weighted by molar-refractivity contribution is 9.10. The summed E-state index contributed by atoms with van der Waals surface area (Å²) in [5.74, 6) is 4.76. The fourth-order valence-electron chi connectivity index (χ4n) is 2.76. The average molecular weight is 361 g/mol. The van der Waals surface area contributed by atoms with Gasteiger partial charge >= 0.3 is 0 Å². The Balaban J connectivity index is 1.94. The van der Waals surface area contributed by atoms with Gasteiger partial charge in [-0.3, -0.25) is 4.79 Å². The zero-order valence-corrected chi connectivity index (χ0v) is 13.9. The molecule has 0 radical (unpaired) electrons. The number of aromatic nitrogens is 2. The molecule has 6 heteroatoms. The molecular formula is C13H17BrN2OS2. The zero-order valence-electron chi connectivity index (χ0n) is 10.7. The third-order valence-corrected chi connectivity index (χ3v) is 7.30. The smallest absolute Gasteiger partial charge is 0.265 e. The summed E-state index contributed by atoms with van der Waals surface area (Å²) in [5.41, 5.74) is 0.982. The van der Waals surface area contributed by atoms with Gasteiger partial charge in [0, 0.05) is 23.2 Å². The number of nitrogens with one attached hydrogen (secondary N) is 1. The van der Waals surface area contributed by atoms with E-state index < -0.39 is 0 Å². The van der Waals surface area contributed by atoms with Gasteiger partial charge in [-0.2, -0.15) is 11.8 Å². The van der Waals surface area contributed by atoms with Crippen molar-refractivity contribution in [3.63, 3.8) is 0 Å². The Kier molecular flexibility index (Phi) is 4.59. The molecule has 104 valence electrons. The molecule has 0 aromatic carbocycles. The summed E-state index contributed by atoms with van der Waals surface area (Å²) >= 11 is 7.29. The number of rotatable bonds is 2. The van der Waals surface area contributed by atoms with Gasteiger partial charge in [-0.05, 0) is 28.8 Å². The summed E-state index contributed by atoms with van der Waals surface area (Å²) in [7, 11) is 0. The molecule has 1 aromatic heterocycles. The van der Waals surface area contributed by atoms with Crippen molar-refractivity contribution in [2.75, 3.05) is 17.3 Å². The molecule has 1 atom stereocenters. The van der Waals surface area contributed by atoms with Gasteiger partial charge in [0.2, 0.25) is 0 Å². The number of halogens is 1. The molecular weight excluding hydrogens is 344 g/mol. The molecule has 1 saturated carbocycles. The van der Waals surface area contributed by atoms with Gasteiger partial charge in [-0.1, -0.05) is 12.8 Å². The standard InChI is InChI=1S/C13H17BrN2OS2/c14-10-11(8-3-1-2-4-8)15-12(16-13(10)17)9-7-18-5-6-19-9/h8-9H,1-7H2,(H,15,16,17). The van der Waals surface area contributed by atoms with Crippen LogP contribution in [-0.4, -0.2) is 27.2 Å². The van der Waals surface area contributed by atoms with E-state index in [0.29, 0.717) is 15.6 Å². The van der Waals surface area contributed by atoms with E-state index in [1.807, 2.05) is 23.5 Å². The first-order valence-corrected chi connectivity index (χ1v) is 9.74. The van der Waals surface area contributed by atoms with E-state index in [1.54, 1.807) is 0 Å². The lowest BCUT2D eigenvalue weighted by atomic mass is 10.0. The minimum atomic E-state index is -0.0110. The molecule has 2 heterocycles. The maximum atomic E-state index is 12.1. The Morgan fingerprint density at radius 3 is 2.74 bits per heavy atom. The lowest BCUT2D eigenvalue weighted by molar-refractivity contribution is 0.675. The summed E-state index contributed by atoms with van der Waals surface area (Å²) in [6, 6.07) is 0. The summed E-state index contributed by atoms with van der Waals surface area (Å²) < 4.78 is 0.650. The molecule has 3 nitrogen and oxygen atoms in total. The van der Waals surface area contributed by atoms with Crippen LogP contribution in [0.1, 0.15) is 48.4 Å². The van der Waals surface area contributed by atoms with Crippen molar-refractivity contribution in [1.82, 2.24) is 9.97 Å². The van der Waals surface area contributed by atoms with Gasteiger partial charge in [-0.25, -0.2) is 4.98 Å². The topological polar surface area (TPSA) is 45.8 Å². The van der Waals surface area contributed by atoms with E-state index in [9.17, 15) is 4.79 Å². The van der Waals surface area contributed by atoms with Gasteiger partial charge in [-0.15, -0.1) is 11.8 Å². The second kappa shape index (κ2) is 6.22. The van der Waals surface area contributed by atoms with Gasteiger partial charge in [0.1, 0.15) is 10.3 Å².